The molecule has 0 aliphatic heterocycles. The molecule has 2 amide bonds. The van der Waals surface area contributed by atoms with Crippen molar-refractivity contribution in [1.29, 1.82) is 0 Å². The van der Waals surface area contributed by atoms with Crippen LogP contribution >= 0.6 is 0 Å². The summed E-state index contributed by atoms with van der Waals surface area (Å²) >= 11 is 0. The predicted molar refractivity (Wildman–Crippen MR) is 98.8 cm³/mol. The number of aromatic nitrogens is 1. The lowest BCUT2D eigenvalue weighted by Gasteiger charge is -2.14. The minimum atomic E-state index is -0.453. The number of hydrogen-bond acceptors (Lipinski definition) is 6. The van der Waals surface area contributed by atoms with Crippen molar-refractivity contribution >= 4 is 17.5 Å². The van der Waals surface area contributed by atoms with E-state index in [1.165, 1.54) is 33.6 Å². The quantitative estimate of drug-likeness (QED) is 0.775. The van der Waals surface area contributed by atoms with Crippen molar-refractivity contribution in [2.24, 2.45) is 0 Å². The zero-order chi connectivity index (χ0) is 19.4. The van der Waals surface area contributed by atoms with E-state index >= 15 is 0 Å². The molecule has 1 saturated carbocycles. The highest BCUT2D eigenvalue weighted by Gasteiger charge is 2.24. The lowest BCUT2D eigenvalue weighted by molar-refractivity contribution is 0.0951. The Morgan fingerprint density at radius 3 is 2.22 bits per heavy atom. The van der Waals surface area contributed by atoms with Crippen molar-refractivity contribution in [2.75, 3.05) is 26.6 Å². The number of amides is 2. The average molecular weight is 371 g/mol. The third kappa shape index (κ3) is 4.28. The zero-order valence-electron chi connectivity index (χ0n) is 15.4. The smallest absolute Gasteiger partial charge is 0.274 e. The van der Waals surface area contributed by atoms with Crippen LogP contribution in [0.1, 0.15) is 33.7 Å². The fourth-order valence-corrected chi connectivity index (χ4v) is 2.54. The van der Waals surface area contributed by atoms with Gasteiger partial charge < -0.3 is 24.8 Å². The van der Waals surface area contributed by atoms with Crippen molar-refractivity contribution in [3.63, 3.8) is 0 Å². The monoisotopic (exact) mass is 371 g/mol. The van der Waals surface area contributed by atoms with Crippen LogP contribution in [0.4, 0.5) is 5.69 Å². The number of methoxy groups -OCH3 is 3. The van der Waals surface area contributed by atoms with Gasteiger partial charge in [0.15, 0.2) is 11.5 Å². The van der Waals surface area contributed by atoms with E-state index in [4.69, 9.17) is 14.2 Å². The minimum absolute atomic E-state index is 0.132. The normalized spacial score (nSPS) is 12.9. The summed E-state index contributed by atoms with van der Waals surface area (Å²) in [6.45, 7) is 0. The zero-order valence-corrected chi connectivity index (χ0v) is 15.4. The number of carbonyl (C=O) groups excluding carboxylic acids is 2. The first-order valence-corrected chi connectivity index (χ1v) is 8.44. The van der Waals surface area contributed by atoms with Gasteiger partial charge in [0.25, 0.3) is 11.8 Å². The Labute approximate surface area is 156 Å². The van der Waals surface area contributed by atoms with Crippen LogP contribution in [0, 0.1) is 0 Å². The number of hydrogen-bond donors (Lipinski definition) is 2. The van der Waals surface area contributed by atoms with Crippen molar-refractivity contribution in [3.05, 3.63) is 41.7 Å². The number of nitrogens with zero attached hydrogens (tertiary/aromatic N) is 1. The van der Waals surface area contributed by atoms with Gasteiger partial charge in [0.1, 0.15) is 5.69 Å². The van der Waals surface area contributed by atoms with Gasteiger partial charge in [0, 0.05) is 35.6 Å². The second-order valence-corrected chi connectivity index (χ2v) is 6.05. The van der Waals surface area contributed by atoms with Gasteiger partial charge in [-0.25, -0.2) is 0 Å². The number of benzene rings is 1. The van der Waals surface area contributed by atoms with E-state index in [-0.39, 0.29) is 17.6 Å². The van der Waals surface area contributed by atoms with E-state index in [1.54, 1.807) is 18.2 Å². The Balaban J connectivity index is 1.79. The molecule has 1 fully saturated rings. The standard InChI is InChI=1S/C19H21N3O5/c1-25-15-9-13(10-16(26-2)17(15)27-3)22-19(24)14-8-11(6-7-20-14)18(23)21-12-4-5-12/h6-10,12H,4-5H2,1-3H3,(H,21,23)(H,22,24). The Morgan fingerprint density at radius 2 is 1.67 bits per heavy atom. The molecule has 2 N–H and O–H groups in total. The Morgan fingerprint density at radius 1 is 1.00 bits per heavy atom. The number of carbonyl (C=O) groups is 2. The first-order valence-electron chi connectivity index (χ1n) is 8.44. The third-order valence-corrected chi connectivity index (χ3v) is 4.09. The molecule has 0 unspecified atom stereocenters. The van der Waals surface area contributed by atoms with Crippen LogP contribution in [0.5, 0.6) is 17.2 Å². The molecule has 1 aliphatic carbocycles. The van der Waals surface area contributed by atoms with Crippen LogP contribution < -0.4 is 24.8 Å². The summed E-state index contributed by atoms with van der Waals surface area (Å²) in [6, 6.07) is 6.51. The average Bonchev–Trinajstić information content (AvgIpc) is 3.51. The molecule has 0 spiro atoms. The largest absolute Gasteiger partial charge is 0.493 e. The maximum atomic E-state index is 12.6. The fraction of sp³-hybridized carbons (Fsp3) is 0.316. The maximum absolute atomic E-state index is 12.6. The van der Waals surface area contributed by atoms with Crippen molar-refractivity contribution in [2.45, 2.75) is 18.9 Å². The first-order chi connectivity index (χ1) is 13.0. The SMILES string of the molecule is COc1cc(NC(=O)c2cc(C(=O)NC3CC3)ccn2)cc(OC)c1OC. The van der Waals surface area contributed by atoms with E-state index in [9.17, 15) is 9.59 Å². The van der Waals surface area contributed by atoms with Crippen molar-refractivity contribution < 1.29 is 23.8 Å². The summed E-state index contributed by atoms with van der Waals surface area (Å²) in [5, 5.41) is 5.61. The predicted octanol–water partition coefficient (Wildman–Crippen LogP) is 2.25. The van der Waals surface area contributed by atoms with Crippen LogP contribution in [-0.4, -0.2) is 44.2 Å². The molecule has 0 saturated heterocycles. The van der Waals surface area contributed by atoms with Crippen LogP contribution in [0.15, 0.2) is 30.5 Å². The molecule has 142 valence electrons. The molecule has 1 aromatic heterocycles. The molecule has 0 bridgehead atoms. The number of anilines is 1. The number of nitrogens with one attached hydrogen (secondary N) is 2. The van der Waals surface area contributed by atoms with Crippen molar-refractivity contribution in [1.82, 2.24) is 10.3 Å². The second-order valence-electron chi connectivity index (χ2n) is 6.05. The maximum Gasteiger partial charge on any atom is 0.274 e. The molecule has 1 aromatic carbocycles. The highest BCUT2D eigenvalue weighted by Crippen LogP contribution is 2.40. The number of pyridine rings is 1. The Hall–Kier alpha value is -3.29. The van der Waals surface area contributed by atoms with Crippen LogP contribution in [0.3, 0.4) is 0 Å². The van der Waals surface area contributed by atoms with Gasteiger partial charge in [-0.1, -0.05) is 0 Å². The molecule has 0 radical (unpaired) electrons. The number of rotatable bonds is 7. The van der Waals surface area contributed by atoms with E-state index in [1.807, 2.05) is 0 Å². The van der Waals surface area contributed by atoms with Crippen molar-refractivity contribution in [3.8, 4) is 17.2 Å². The van der Waals surface area contributed by atoms with Gasteiger partial charge in [-0.15, -0.1) is 0 Å². The topological polar surface area (TPSA) is 98.8 Å². The molecule has 8 heteroatoms. The summed E-state index contributed by atoms with van der Waals surface area (Å²) in [7, 11) is 4.49. The van der Waals surface area contributed by atoms with E-state index < -0.39 is 5.91 Å². The molecule has 2 aromatic rings. The Bertz CT molecular complexity index is 839. The molecular formula is C19H21N3O5. The summed E-state index contributed by atoms with van der Waals surface area (Å²) < 4.78 is 15.8. The van der Waals surface area contributed by atoms with Gasteiger partial charge >= 0.3 is 0 Å². The summed E-state index contributed by atoms with van der Waals surface area (Å²) in [6.07, 6.45) is 3.42. The highest BCUT2D eigenvalue weighted by atomic mass is 16.5. The summed E-state index contributed by atoms with van der Waals surface area (Å²) in [4.78, 5) is 28.8. The van der Waals surface area contributed by atoms with Gasteiger partial charge in [-0.05, 0) is 25.0 Å². The first kappa shape index (κ1) is 18.5. The number of ether oxygens (including phenoxy) is 3. The lowest BCUT2D eigenvalue weighted by atomic mass is 10.2. The van der Waals surface area contributed by atoms with E-state index in [0.717, 1.165) is 12.8 Å². The summed E-state index contributed by atoms with van der Waals surface area (Å²) in [5.41, 5.74) is 0.975. The Kier molecular flexibility index (Phi) is 5.44. The van der Waals surface area contributed by atoms with Gasteiger partial charge in [-0.2, -0.15) is 0 Å². The third-order valence-electron chi connectivity index (χ3n) is 4.09. The van der Waals surface area contributed by atoms with Crippen LogP contribution in [-0.2, 0) is 0 Å². The molecule has 27 heavy (non-hydrogen) atoms. The molecule has 1 heterocycles. The molecule has 0 atom stereocenters. The summed E-state index contributed by atoms with van der Waals surface area (Å²) in [5.74, 6) is 0.595. The second kappa shape index (κ2) is 7.94. The molecule has 8 nitrogen and oxygen atoms in total. The van der Waals surface area contributed by atoms with Gasteiger partial charge in [0.05, 0.1) is 21.3 Å². The molecule has 3 rings (SSSR count). The van der Waals surface area contributed by atoms with E-state index in [0.29, 0.717) is 28.5 Å². The van der Waals surface area contributed by atoms with E-state index in [2.05, 4.69) is 15.6 Å². The lowest BCUT2D eigenvalue weighted by Crippen LogP contribution is -2.26. The minimum Gasteiger partial charge on any atom is -0.493 e. The van der Waals surface area contributed by atoms with Gasteiger partial charge in [-0.3, -0.25) is 14.6 Å². The fourth-order valence-electron chi connectivity index (χ4n) is 2.54. The van der Waals surface area contributed by atoms with Crippen LogP contribution in [0.2, 0.25) is 0 Å². The highest BCUT2D eigenvalue weighted by molar-refractivity contribution is 6.05. The van der Waals surface area contributed by atoms with Crippen LogP contribution in [0.25, 0.3) is 0 Å². The molecular weight excluding hydrogens is 350 g/mol. The van der Waals surface area contributed by atoms with Gasteiger partial charge in [0.2, 0.25) is 5.75 Å². The molecule has 1 aliphatic rings.